The first-order chi connectivity index (χ1) is 9.40. The van der Waals surface area contributed by atoms with Crippen molar-refractivity contribution in [2.45, 2.75) is 39.0 Å². The SMILES string of the molecule is COc1cc(CCC(=O)c2ccc(C(C)(C)C)s2)on1. The van der Waals surface area contributed by atoms with Gasteiger partial charge in [0.2, 0.25) is 0 Å². The molecule has 0 radical (unpaired) electrons. The van der Waals surface area contributed by atoms with Crippen molar-refractivity contribution in [2.75, 3.05) is 7.11 Å². The molecular weight excluding hydrogens is 274 g/mol. The fourth-order valence-corrected chi connectivity index (χ4v) is 2.79. The molecule has 2 aromatic rings. The Balaban J connectivity index is 1.96. The molecule has 0 saturated carbocycles. The minimum atomic E-state index is 0.0848. The Kier molecular flexibility index (Phi) is 4.28. The quantitative estimate of drug-likeness (QED) is 0.786. The van der Waals surface area contributed by atoms with Gasteiger partial charge in [-0.05, 0) is 22.7 Å². The second-order valence-corrected chi connectivity index (χ2v) is 6.76. The summed E-state index contributed by atoms with van der Waals surface area (Å²) in [5.74, 6) is 1.25. The van der Waals surface area contributed by atoms with Crippen LogP contribution in [0.15, 0.2) is 22.7 Å². The van der Waals surface area contributed by atoms with E-state index in [1.807, 2.05) is 12.1 Å². The molecule has 0 aliphatic carbocycles. The van der Waals surface area contributed by atoms with Crippen molar-refractivity contribution in [3.8, 4) is 5.88 Å². The van der Waals surface area contributed by atoms with Crippen LogP contribution in [0.25, 0.3) is 0 Å². The van der Waals surface area contributed by atoms with Crippen molar-refractivity contribution < 1.29 is 14.1 Å². The maximum atomic E-state index is 12.2. The molecule has 0 saturated heterocycles. The summed E-state index contributed by atoms with van der Waals surface area (Å²) < 4.78 is 10.0. The normalized spacial score (nSPS) is 11.6. The summed E-state index contributed by atoms with van der Waals surface area (Å²) in [4.78, 5) is 14.2. The number of hydrogen-bond acceptors (Lipinski definition) is 5. The van der Waals surface area contributed by atoms with E-state index < -0.39 is 0 Å². The number of ether oxygens (including phenoxy) is 1. The second kappa shape index (κ2) is 5.79. The molecule has 0 amide bonds. The van der Waals surface area contributed by atoms with Crippen LogP contribution in [0, 0.1) is 0 Å². The molecule has 2 heterocycles. The van der Waals surface area contributed by atoms with Gasteiger partial charge in [-0.2, -0.15) is 0 Å². The third-order valence-corrected chi connectivity index (χ3v) is 4.52. The molecule has 0 aliphatic rings. The highest BCUT2D eigenvalue weighted by Crippen LogP contribution is 2.30. The van der Waals surface area contributed by atoms with E-state index in [9.17, 15) is 4.79 Å². The van der Waals surface area contributed by atoms with Gasteiger partial charge in [0.15, 0.2) is 5.78 Å². The van der Waals surface area contributed by atoms with E-state index in [1.54, 1.807) is 17.4 Å². The van der Waals surface area contributed by atoms with Crippen LogP contribution in [0.1, 0.15) is 47.5 Å². The molecule has 0 spiro atoms. The largest absolute Gasteiger partial charge is 0.479 e. The number of Topliss-reactive ketones (excluding diaryl/α,β-unsaturated/α-hetero) is 1. The van der Waals surface area contributed by atoms with Gasteiger partial charge in [-0.3, -0.25) is 4.79 Å². The van der Waals surface area contributed by atoms with E-state index in [2.05, 4.69) is 25.9 Å². The Morgan fingerprint density at radius 1 is 1.40 bits per heavy atom. The van der Waals surface area contributed by atoms with Crippen LogP contribution in [-0.4, -0.2) is 18.0 Å². The molecule has 0 atom stereocenters. The van der Waals surface area contributed by atoms with Gasteiger partial charge in [0, 0.05) is 23.8 Å². The zero-order chi connectivity index (χ0) is 14.8. The maximum absolute atomic E-state index is 12.2. The van der Waals surface area contributed by atoms with Crippen molar-refractivity contribution in [1.82, 2.24) is 5.16 Å². The van der Waals surface area contributed by atoms with Crippen LogP contribution < -0.4 is 4.74 Å². The van der Waals surface area contributed by atoms with Gasteiger partial charge >= 0.3 is 0 Å². The number of nitrogens with zero attached hydrogens (tertiary/aromatic N) is 1. The zero-order valence-corrected chi connectivity index (χ0v) is 13.0. The average Bonchev–Trinajstić information content (AvgIpc) is 3.04. The molecule has 0 N–H and O–H groups in total. The van der Waals surface area contributed by atoms with Crippen LogP contribution >= 0.6 is 11.3 Å². The summed E-state index contributed by atoms with van der Waals surface area (Å²) in [7, 11) is 1.53. The third kappa shape index (κ3) is 3.48. The molecule has 0 bridgehead atoms. The van der Waals surface area contributed by atoms with E-state index in [0.717, 1.165) is 4.88 Å². The topological polar surface area (TPSA) is 52.3 Å². The number of methoxy groups -OCH3 is 1. The Labute approximate surface area is 122 Å². The van der Waals surface area contributed by atoms with Crippen LogP contribution in [0.2, 0.25) is 0 Å². The lowest BCUT2D eigenvalue weighted by molar-refractivity contribution is 0.0984. The van der Waals surface area contributed by atoms with Gasteiger partial charge in [-0.1, -0.05) is 20.8 Å². The Morgan fingerprint density at radius 2 is 2.15 bits per heavy atom. The number of rotatable bonds is 5. The molecule has 0 aliphatic heterocycles. The highest BCUT2D eigenvalue weighted by atomic mass is 32.1. The summed E-state index contributed by atoms with van der Waals surface area (Å²) in [6.07, 6.45) is 0.959. The lowest BCUT2D eigenvalue weighted by atomic mass is 9.95. The van der Waals surface area contributed by atoms with Crippen LogP contribution in [-0.2, 0) is 11.8 Å². The molecule has 108 valence electrons. The maximum Gasteiger partial charge on any atom is 0.254 e. The Bertz CT molecular complexity index is 592. The third-order valence-electron chi connectivity index (χ3n) is 2.96. The molecule has 4 nitrogen and oxygen atoms in total. The zero-order valence-electron chi connectivity index (χ0n) is 12.2. The number of aryl methyl sites for hydroxylation is 1. The van der Waals surface area contributed by atoms with E-state index >= 15 is 0 Å². The molecule has 5 heteroatoms. The summed E-state index contributed by atoms with van der Waals surface area (Å²) in [5.41, 5.74) is 0.0848. The fraction of sp³-hybridized carbons (Fsp3) is 0.467. The predicted octanol–water partition coefficient (Wildman–Crippen LogP) is 3.86. The highest BCUT2D eigenvalue weighted by molar-refractivity contribution is 7.14. The van der Waals surface area contributed by atoms with Crippen molar-refractivity contribution in [3.63, 3.8) is 0 Å². The molecule has 0 aromatic carbocycles. The van der Waals surface area contributed by atoms with Crippen LogP contribution in [0.5, 0.6) is 5.88 Å². The Hall–Kier alpha value is -1.62. The Morgan fingerprint density at radius 3 is 2.70 bits per heavy atom. The second-order valence-electron chi connectivity index (χ2n) is 5.67. The van der Waals surface area contributed by atoms with Crippen LogP contribution in [0.4, 0.5) is 0 Å². The molecule has 2 rings (SSSR count). The van der Waals surface area contributed by atoms with E-state index in [0.29, 0.717) is 24.5 Å². The predicted molar refractivity (Wildman–Crippen MR) is 78.7 cm³/mol. The monoisotopic (exact) mass is 293 g/mol. The van der Waals surface area contributed by atoms with Gasteiger partial charge in [-0.25, -0.2) is 0 Å². The van der Waals surface area contributed by atoms with Crippen molar-refractivity contribution in [2.24, 2.45) is 0 Å². The van der Waals surface area contributed by atoms with Crippen LogP contribution in [0.3, 0.4) is 0 Å². The van der Waals surface area contributed by atoms with Gasteiger partial charge in [0.05, 0.1) is 12.0 Å². The summed E-state index contributed by atoms with van der Waals surface area (Å²) >= 11 is 1.57. The molecule has 2 aromatic heterocycles. The van der Waals surface area contributed by atoms with Crippen molar-refractivity contribution in [3.05, 3.63) is 33.7 Å². The minimum Gasteiger partial charge on any atom is -0.479 e. The number of hydrogen-bond donors (Lipinski definition) is 0. The van der Waals surface area contributed by atoms with E-state index in [-0.39, 0.29) is 11.2 Å². The number of thiophene rings is 1. The first-order valence-electron chi connectivity index (χ1n) is 6.53. The number of carbonyl (C=O) groups excluding carboxylic acids is 1. The lowest BCUT2D eigenvalue weighted by Crippen LogP contribution is -2.07. The number of ketones is 1. The molecule has 20 heavy (non-hydrogen) atoms. The summed E-state index contributed by atoms with van der Waals surface area (Å²) in [5, 5.41) is 3.72. The van der Waals surface area contributed by atoms with E-state index in [4.69, 9.17) is 9.26 Å². The first-order valence-corrected chi connectivity index (χ1v) is 7.35. The van der Waals surface area contributed by atoms with Crippen molar-refractivity contribution >= 4 is 17.1 Å². The van der Waals surface area contributed by atoms with Gasteiger partial charge in [0.25, 0.3) is 5.88 Å². The number of aromatic nitrogens is 1. The van der Waals surface area contributed by atoms with Gasteiger partial charge in [-0.15, -0.1) is 11.3 Å². The first kappa shape index (κ1) is 14.8. The summed E-state index contributed by atoms with van der Waals surface area (Å²) in [6.45, 7) is 6.44. The summed E-state index contributed by atoms with van der Waals surface area (Å²) in [6, 6.07) is 5.66. The number of carbonyl (C=O) groups is 1. The van der Waals surface area contributed by atoms with Gasteiger partial charge < -0.3 is 9.26 Å². The fourth-order valence-electron chi connectivity index (χ4n) is 1.76. The lowest BCUT2D eigenvalue weighted by Gasteiger charge is -2.15. The molecule has 0 fully saturated rings. The highest BCUT2D eigenvalue weighted by Gasteiger charge is 2.18. The standard InChI is InChI=1S/C15H19NO3S/c1-15(2,3)13-8-7-12(20-13)11(17)6-5-10-9-14(18-4)16-19-10/h7-9H,5-6H2,1-4H3. The molecule has 0 unspecified atom stereocenters. The van der Waals surface area contributed by atoms with E-state index in [1.165, 1.54) is 12.0 Å². The average molecular weight is 293 g/mol. The van der Waals surface area contributed by atoms with Crippen molar-refractivity contribution in [1.29, 1.82) is 0 Å². The smallest absolute Gasteiger partial charge is 0.254 e. The van der Waals surface area contributed by atoms with Gasteiger partial charge in [0.1, 0.15) is 5.76 Å². The molecular formula is C15H19NO3S. The minimum absolute atomic E-state index is 0.0848.